The molecule has 1 aromatic heterocycles. The fraction of sp³-hybridized carbons (Fsp3) is 0.733. The van der Waals surface area contributed by atoms with Crippen LogP contribution in [0.5, 0.6) is 0 Å². The van der Waals surface area contributed by atoms with Gasteiger partial charge in [0.05, 0.1) is 19.8 Å². The van der Waals surface area contributed by atoms with Crippen LogP contribution in [0, 0.1) is 6.92 Å². The highest BCUT2D eigenvalue weighted by molar-refractivity contribution is 7.51. The number of nitrogens with two attached hydrogens (primary N) is 1. The maximum atomic E-state index is 12.3. The van der Waals surface area contributed by atoms with Gasteiger partial charge in [-0.05, 0) is 6.92 Å². The van der Waals surface area contributed by atoms with Crippen molar-refractivity contribution in [2.45, 2.75) is 31.5 Å². The molecule has 1 aliphatic rings. The Balaban J connectivity index is 2.42. The van der Waals surface area contributed by atoms with Gasteiger partial charge in [-0.1, -0.05) is 0 Å². The van der Waals surface area contributed by atoms with Crippen LogP contribution in [0.25, 0.3) is 0 Å². The highest BCUT2D eigenvalue weighted by atomic mass is 31.2. The molecule has 3 N–H and O–H groups in total. The summed E-state index contributed by atoms with van der Waals surface area (Å²) in [6, 6.07) is 0. The number of nitrogens with zero attached hydrogens (tertiary/aromatic N) is 2. The topological polar surface area (TPSA) is 144 Å². The lowest BCUT2D eigenvalue weighted by Crippen LogP contribution is -2.40. The second-order valence-corrected chi connectivity index (χ2v) is 8.04. The molecule has 0 spiro atoms. The van der Waals surface area contributed by atoms with Gasteiger partial charge in [-0.15, -0.1) is 0 Å². The third-order valence-corrected chi connectivity index (χ3v) is 4.61. The molecule has 27 heavy (non-hydrogen) atoms. The van der Waals surface area contributed by atoms with Crippen LogP contribution in [0.1, 0.15) is 11.8 Å². The quantitative estimate of drug-likeness (QED) is 0.421. The molecule has 2 rings (SSSR count). The molecule has 1 fully saturated rings. The summed E-state index contributed by atoms with van der Waals surface area (Å²) in [6.45, 7) is 3.28. The minimum absolute atomic E-state index is 0.0709. The van der Waals surface area contributed by atoms with Gasteiger partial charge in [0.25, 0.3) is 0 Å². The van der Waals surface area contributed by atoms with E-state index in [-0.39, 0.29) is 25.6 Å². The Labute approximate surface area is 156 Å². The Hall–Kier alpha value is -1.33. The number of ether oxygens (including phenoxy) is 4. The number of rotatable bonds is 9. The molecule has 154 valence electrons. The average molecular weight is 407 g/mol. The van der Waals surface area contributed by atoms with E-state index in [0.29, 0.717) is 5.56 Å². The Morgan fingerprint density at radius 2 is 2.04 bits per heavy atom. The molecular formula is C15H26N3O8P. The van der Waals surface area contributed by atoms with E-state index in [1.165, 1.54) is 25.0 Å². The van der Waals surface area contributed by atoms with E-state index < -0.39 is 37.8 Å². The van der Waals surface area contributed by atoms with E-state index in [1.54, 1.807) is 6.92 Å². The molecule has 0 bridgehead atoms. The number of hydrogen-bond donors (Lipinski definition) is 2. The maximum Gasteiger partial charge on any atom is 0.351 e. The first-order valence-electron chi connectivity index (χ1n) is 8.26. The van der Waals surface area contributed by atoms with Gasteiger partial charge in [0.15, 0.2) is 6.23 Å². The minimum Gasteiger partial charge on any atom is -0.383 e. The van der Waals surface area contributed by atoms with Gasteiger partial charge in [-0.25, -0.2) is 4.79 Å². The summed E-state index contributed by atoms with van der Waals surface area (Å²) in [5, 5.41) is 0. The van der Waals surface area contributed by atoms with Crippen molar-refractivity contribution in [2.24, 2.45) is 0 Å². The molecule has 11 nitrogen and oxygen atoms in total. The predicted molar refractivity (Wildman–Crippen MR) is 95.7 cm³/mol. The number of methoxy groups -OCH3 is 2. The van der Waals surface area contributed by atoms with Crippen LogP contribution in [-0.4, -0.2) is 73.5 Å². The summed E-state index contributed by atoms with van der Waals surface area (Å²) in [7, 11) is -0.898. The third kappa shape index (κ3) is 5.58. The number of nitrogen functional groups attached to an aromatic ring is 1. The first-order chi connectivity index (χ1) is 12.7. The first kappa shape index (κ1) is 22.0. The van der Waals surface area contributed by atoms with Crippen LogP contribution < -0.4 is 11.4 Å². The van der Waals surface area contributed by atoms with Gasteiger partial charge in [0.1, 0.15) is 24.1 Å². The third-order valence-electron chi connectivity index (χ3n) is 3.98. The molecule has 2 heterocycles. The summed E-state index contributed by atoms with van der Waals surface area (Å²) in [5.74, 6) is 0.112. The molecule has 0 aromatic carbocycles. The Morgan fingerprint density at radius 3 is 2.63 bits per heavy atom. The van der Waals surface area contributed by atoms with Crippen molar-refractivity contribution in [3.05, 3.63) is 22.2 Å². The van der Waals surface area contributed by atoms with Crippen molar-refractivity contribution in [2.75, 3.05) is 46.4 Å². The molecule has 1 saturated heterocycles. The number of hydrogen-bond acceptors (Lipinski definition) is 9. The lowest BCUT2D eigenvalue weighted by atomic mass is 10.1. The van der Waals surface area contributed by atoms with E-state index in [0.717, 1.165) is 6.66 Å². The van der Waals surface area contributed by atoms with Gasteiger partial charge >= 0.3 is 13.3 Å². The maximum absolute atomic E-state index is 12.3. The van der Waals surface area contributed by atoms with Crippen LogP contribution in [0.3, 0.4) is 0 Å². The summed E-state index contributed by atoms with van der Waals surface area (Å²) in [6.07, 6.45) is -2.00. The fourth-order valence-corrected chi connectivity index (χ4v) is 3.50. The molecule has 0 aliphatic carbocycles. The summed E-state index contributed by atoms with van der Waals surface area (Å²) in [5.41, 5.74) is 5.62. The molecule has 0 amide bonds. The normalized spacial score (nSPS) is 27.6. The smallest absolute Gasteiger partial charge is 0.351 e. The molecule has 2 unspecified atom stereocenters. The van der Waals surface area contributed by atoms with Crippen LogP contribution in [0.4, 0.5) is 5.82 Å². The zero-order chi connectivity index (χ0) is 20.2. The summed E-state index contributed by atoms with van der Waals surface area (Å²) >= 11 is 0. The molecule has 0 radical (unpaired) electrons. The molecule has 1 aromatic rings. The zero-order valence-electron chi connectivity index (χ0n) is 15.7. The minimum atomic E-state index is -3.87. The first-order valence-corrected chi connectivity index (χ1v) is 10.3. The lowest BCUT2D eigenvalue weighted by Gasteiger charge is -2.26. The van der Waals surface area contributed by atoms with Crippen molar-refractivity contribution in [3.63, 3.8) is 0 Å². The van der Waals surface area contributed by atoms with Crippen molar-refractivity contribution < 1.29 is 32.9 Å². The van der Waals surface area contributed by atoms with Gasteiger partial charge in [-0.3, -0.25) is 13.7 Å². The highest BCUT2D eigenvalue weighted by Gasteiger charge is 2.49. The van der Waals surface area contributed by atoms with Crippen molar-refractivity contribution in [1.29, 1.82) is 0 Å². The van der Waals surface area contributed by atoms with Crippen molar-refractivity contribution in [1.82, 2.24) is 9.55 Å². The second-order valence-electron chi connectivity index (χ2n) is 6.22. The average Bonchev–Trinajstić information content (AvgIpc) is 2.88. The van der Waals surface area contributed by atoms with Crippen LogP contribution in [-0.2, 0) is 28.0 Å². The van der Waals surface area contributed by atoms with E-state index >= 15 is 0 Å². The summed E-state index contributed by atoms with van der Waals surface area (Å²) < 4.78 is 40.2. The van der Waals surface area contributed by atoms with Crippen molar-refractivity contribution in [3.8, 4) is 0 Å². The van der Waals surface area contributed by atoms with Crippen LogP contribution in [0.2, 0.25) is 0 Å². The van der Waals surface area contributed by atoms with E-state index in [1.807, 2.05) is 0 Å². The summed E-state index contributed by atoms with van der Waals surface area (Å²) in [4.78, 5) is 25.8. The van der Waals surface area contributed by atoms with Crippen LogP contribution >= 0.6 is 7.60 Å². The van der Waals surface area contributed by atoms with E-state index in [4.69, 9.17) is 29.2 Å². The Bertz CT molecular complexity index is 736. The standard InChI is InChI=1S/C15H26N3O8P/c1-9-7-18(15(19)17-13(9)16)14-12(24-6-5-22-2)11(26-27(4,20)21)10(25-14)8-23-3/h7,10-12,14H,5-6,8H2,1-4H3,(H,20,21)(H2,16,17,19)/t10-,11?,12+,14-/m1/s1. The van der Waals surface area contributed by atoms with Crippen molar-refractivity contribution >= 4 is 13.4 Å². The Morgan fingerprint density at radius 1 is 1.33 bits per heavy atom. The number of anilines is 1. The second kappa shape index (κ2) is 9.24. The van der Waals surface area contributed by atoms with E-state index in [9.17, 15) is 14.3 Å². The highest BCUT2D eigenvalue weighted by Crippen LogP contribution is 2.45. The Kier molecular flexibility index (Phi) is 7.52. The molecule has 1 aliphatic heterocycles. The van der Waals surface area contributed by atoms with Gasteiger partial charge in [-0.2, -0.15) is 4.98 Å². The largest absolute Gasteiger partial charge is 0.383 e. The number of aromatic nitrogens is 2. The van der Waals surface area contributed by atoms with Crippen LogP contribution in [0.15, 0.2) is 11.0 Å². The monoisotopic (exact) mass is 407 g/mol. The molecule has 0 saturated carbocycles. The molecule has 5 atom stereocenters. The fourth-order valence-electron chi connectivity index (χ4n) is 2.79. The van der Waals surface area contributed by atoms with Gasteiger partial charge in [0.2, 0.25) is 0 Å². The lowest BCUT2D eigenvalue weighted by molar-refractivity contribution is -0.0826. The van der Waals surface area contributed by atoms with E-state index in [2.05, 4.69) is 4.98 Å². The SMILES string of the molecule is COCCO[C@H]1C(OP(C)(=O)O)[C@@H](COC)O[C@H]1n1cc(C)c(N)nc1=O. The molecular weight excluding hydrogens is 381 g/mol. The zero-order valence-corrected chi connectivity index (χ0v) is 16.6. The molecule has 12 heteroatoms. The predicted octanol–water partition coefficient (Wildman–Crippen LogP) is -0.0903. The van der Waals surface area contributed by atoms with Gasteiger partial charge < -0.3 is 29.6 Å². The number of aryl methyl sites for hydroxylation is 1. The van der Waals surface area contributed by atoms with Gasteiger partial charge in [0, 0.05) is 32.6 Å².